The molecule has 1 heteroatoms. The zero-order valence-corrected chi connectivity index (χ0v) is 20.2. The third-order valence-electron chi connectivity index (χ3n) is 7.36. The summed E-state index contributed by atoms with van der Waals surface area (Å²) in [5, 5.41) is 4.73. The fourth-order valence-corrected chi connectivity index (χ4v) is 5.70. The van der Waals surface area contributed by atoms with Crippen LogP contribution in [0.5, 0.6) is 0 Å². The molecule has 0 unspecified atom stereocenters. The van der Waals surface area contributed by atoms with E-state index >= 15 is 0 Å². The van der Waals surface area contributed by atoms with Crippen LogP contribution >= 0.6 is 0 Å². The molecule has 7 aromatic carbocycles. The van der Waals surface area contributed by atoms with Crippen LogP contribution in [0.4, 0.5) is 0 Å². The van der Waals surface area contributed by atoms with E-state index in [1.165, 1.54) is 0 Å². The highest BCUT2D eigenvalue weighted by atomic mass is 16.3. The van der Waals surface area contributed by atoms with Crippen molar-refractivity contribution in [3.63, 3.8) is 0 Å². The molecule has 178 valence electrons. The third kappa shape index (κ3) is 3.19. The molecular weight excluding hydrogens is 460 g/mol. The van der Waals surface area contributed by atoms with Crippen LogP contribution in [0.1, 0.15) is 22.1 Å². The summed E-state index contributed by atoms with van der Waals surface area (Å²) in [6, 6.07) is 24.1. The number of fused-ring (bicyclic) bond motifs is 6. The van der Waals surface area contributed by atoms with Gasteiger partial charge in [0.15, 0.2) is 0 Å². The Labute approximate surface area is 231 Å². The number of benzene rings is 7. The maximum atomic E-state index is 9.14. The third-order valence-corrected chi connectivity index (χ3v) is 7.36. The lowest BCUT2D eigenvalue weighted by Gasteiger charge is -2.17. The minimum atomic E-state index is -0.407. The molecule has 0 aliphatic rings. The summed E-state index contributed by atoms with van der Waals surface area (Å²) >= 11 is 0. The van der Waals surface area contributed by atoms with Gasteiger partial charge in [-0.3, -0.25) is 0 Å². The van der Waals surface area contributed by atoms with Gasteiger partial charge in [-0.25, -0.2) is 0 Å². The van der Waals surface area contributed by atoms with E-state index in [9.17, 15) is 0 Å². The van der Waals surface area contributed by atoms with Gasteiger partial charge >= 0.3 is 0 Å². The SMILES string of the molecule is [2H]c1c([2H])c([2H])c2c(-c3ccccc3)c3c([2H])c([2H])c([2H])c([2H])c3c(Cc3cccc4oc5cc6ccccc6cc5c34)c2c1[2H]. The van der Waals surface area contributed by atoms with Gasteiger partial charge in [0.05, 0.1) is 11.0 Å². The van der Waals surface area contributed by atoms with E-state index in [1.54, 1.807) is 24.3 Å². The molecule has 0 aliphatic carbocycles. The number of hydrogen-bond donors (Lipinski definition) is 0. The Kier molecular flexibility index (Phi) is 3.23. The molecule has 1 aromatic heterocycles. The molecule has 0 amide bonds. The molecule has 1 nitrogen and oxygen atoms in total. The predicted octanol–water partition coefficient (Wildman–Crippen LogP) is 10.3. The van der Waals surface area contributed by atoms with Crippen molar-refractivity contribution >= 4 is 54.3 Å². The fourth-order valence-electron chi connectivity index (χ4n) is 5.70. The van der Waals surface area contributed by atoms with Crippen molar-refractivity contribution in [1.82, 2.24) is 0 Å². The van der Waals surface area contributed by atoms with E-state index in [0.717, 1.165) is 27.1 Å². The smallest absolute Gasteiger partial charge is 0.136 e. The molecule has 8 rings (SSSR count). The largest absolute Gasteiger partial charge is 0.456 e. The van der Waals surface area contributed by atoms with Crippen LogP contribution in [0.3, 0.4) is 0 Å². The molecule has 38 heavy (non-hydrogen) atoms. The lowest BCUT2D eigenvalue weighted by atomic mass is 9.86. The average Bonchev–Trinajstić information content (AvgIpc) is 3.44. The lowest BCUT2D eigenvalue weighted by Crippen LogP contribution is -1.96. The van der Waals surface area contributed by atoms with Crippen molar-refractivity contribution in [3.8, 4) is 11.1 Å². The first kappa shape index (κ1) is 14.8. The topological polar surface area (TPSA) is 13.1 Å². The Morgan fingerprint density at radius 3 is 1.89 bits per heavy atom. The van der Waals surface area contributed by atoms with Crippen LogP contribution in [-0.4, -0.2) is 0 Å². The van der Waals surface area contributed by atoms with Gasteiger partial charge in [-0.15, -0.1) is 0 Å². The Hall–Kier alpha value is -4.88. The summed E-state index contributed by atoms with van der Waals surface area (Å²) in [7, 11) is 0. The molecular formula is C37H24O. The van der Waals surface area contributed by atoms with Gasteiger partial charge in [-0.2, -0.15) is 0 Å². The van der Waals surface area contributed by atoms with Crippen LogP contribution in [-0.2, 0) is 6.42 Å². The summed E-state index contributed by atoms with van der Waals surface area (Å²) in [6.45, 7) is 0. The van der Waals surface area contributed by atoms with Crippen molar-refractivity contribution in [3.05, 3.63) is 144 Å². The van der Waals surface area contributed by atoms with E-state index in [4.69, 9.17) is 15.4 Å². The van der Waals surface area contributed by atoms with Crippen molar-refractivity contribution in [2.24, 2.45) is 0 Å². The fraction of sp³-hybridized carbons (Fsp3) is 0.0270. The number of furan rings is 1. The molecule has 0 fully saturated rings. The van der Waals surface area contributed by atoms with E-state index < -0.39 is 24.2 Å². The van der Waals surface area contributed by atoms with Crippen molar-refractivity contribution < 1.29 is 15.4 Å². The maximum absolute atomic E-state index is 9.14. The molecule has 8 aromatic rings. The van der Waals surface area contributed by atoms with E-state index in [0.29, 0.717) is 27.9 Å². The molecule has 0 radical (unpaired) electrons. The quantitative estimate of drug-likeness (QED) is 0.224. The molecule has 0 aliphatic heterocycles. The van der Waals surface area contributed by atoms with Gasteiger partial charge in [0.2, 0.25) is 0 Å². The van der Waals surface area contributed by atoms with Gasteiger partial charge in [-0.1, -0.05) is 115 Å². The summed E-state index contributed by atoms with van der Waals surface area (Å²) in [6.07, 6.45) is 0.130. The van der Waals surface area contributed by atoms with Gasteiger partial charge in [-0.05, 0) is 79.2 Å². The molecule has 0 N–H and O–H groups in total. The van der Waals surface area contributed by atoms with Crippen LogP contribution in [0.2, 0.25) is 0 Å². The van der Waals surface area contributed by atoms with Gasteiger partial charge in [0, 0.05) is 10.8 Å². The Balaban J connectivity index is 1.57. The Morgan fingerprint density at radius 1 is 0.553 bits per heavy atom. The first-order valence-electron chi connectivity index (χ1n) is 16.5. The van der Waals surface area contributed by atoms with Gasteiger partial charge < -0.3 is 4.42 Å². The van der Waals surface area contributed by atoms with Crippen LogP contribution < -0.4 is 0 Å². The Bertz CT molecular complexity index is 2510. The second-order valence-corrected chi connectivity index (χ2v) is 9.48. The second-order valence-electron chi connectivity index (χ2n) is 9.48. The van der Waals surface area contributed by atoms with E-state index in [2.05, 4.69) is 6.07 Å². The van der Waals surface area contributed by atoms with Crippen LogP contribution in [0, 0.1) is 0 Å². The zero-order chi connectivity index (χ0) is 32.0. The molecule has 0 spiro atoms. The summed E-state index contributed by atoms with van der Waals surface area (Å²) < 4.78 is 77.2. The van der Waals surface area contributed by atoms with Crippen LogP contribution in [0.25, 0.3) is 65.4 Å². The first-order chi connectivity index (χ1) is 22.2. The monoisotopic (exact) mass is 492 g/mol. The van der Waals surface area contributed by atoms with Gasteiger partial charge in [0.1, 0.15) is 11.2 Å². The van der Waals surface area contributed by atoms with E-state index in [-0.39, 0.29) is 52.1 Å². The van der Waals surface area contributed by atoms with Gasteiger partial charge in [0.25, 0.3) is 0 Å². The molecule has 0 bridgehead atoms. The van der Waals surface area contributed by atoms with E-state index in [1.807, 2.05) is 54.6 Å². The minimum absolute atomic E-state index is 0.130. The normalized spacial score (nSPS) is 14.7. The van der Waals surface area contributed by atoms with Crippen molar-refractivity contribution in [1.29, 1.82) is 0 Å². The lowest BCUT2D eigenvalue weighted by molar-refractivity contribution is 0.669. The predicted molar refractivity (Wildman–Crippen MR) is 161 cm³/mol. The van der Waals surface area contributed by atoms with Crippen molar-refractivity contribution in [2.75, 3.05) is 0 Å². The summed E-state index contributed by atoms with van der Waals surface area (Å²) in [5.41, 5.74) is 3.52. The molecule has 1 heterocycles. The van der Waals surface area contributed by atoms with Crippen molar-refractivity contribution in [2.45, 2.75) is 6.42 Å². The average molecular weight is 493 g/mol. The highest BCUT2D eigenvalue weighted by Gasteiger charge is 2.18. The summed E-state index contributed by atoms with van der Waals surface area (Å²) in [4.78, 5) is 0. The minimum Gasteiger partial charge on any atom is -0.456 e. The summed E-state index contributed by atoms with van der Waals surface area (Å²) in [5.74, 6) is 0. The highest BCUT2D eigenvalue weighted by molar-refractivity contribution is 6.16. The van der Waals surface area contributed by atoms with Crippen LogP contribution in [0.15, 0.2) is 138 Å². The Morgan fingerprint density at radius 2 is 1.18 bits per heavy atom. The number of rotatable bonds is 3. The standard InChI is InChI=1S/C37H24O/c1-2-11-24(12-3-1)36-30-18-8-6-16-28(30)32(29-17-7-9-19-31(29)36)22-27-15-10-20-34-37(27)33-21-25-13-4-5-14-26(25)23-35(33)38-34/h1-21,23H,22H2/i6D,7D,8D,9D,16D,17D,18D,19D. The highest BCUT2D eigenvalue weighted by Crippen LogP contribution is 2.41. The maximum Gasteiger partial charge on any atom is 0.136 e. The second kappa shape index (κ2) is 8.33. The molecule has 0 saturated heterocycles. The number of hydrogen-bond acceptors (Lipinski definition) is 1. The first-order valence-corrected chi connectivity index (χ1v) is 12.5. The zero-order valence-electron chi connectivity index (χ0n) is 28.2. The molecule has 0 atom stereocenters. The molecule has 0 saturated carbocycles.